The van der Waals surface area contributed by atoms with E-state index in [-0.39, 0.29) is 24.8 Å². The molecule has 0 radical (unpaired) electrons. The molecule has 0 saturated carbocycles. The van der Waals surface area contributed by atoms with E-state index in [1.807, 2.05) is 60.7 Å². The second kappa shape index (κ2) is 9.30. The summed E-state index contributed by atoms with van der Waals surface area (Å²) >= 11 is 10.0. The summed E-state index contributed by atoms with van der Waals surface area (Å²) in [4.78, 5) is 26.7. The minimum Gasteiger partial charge on any atom is -0.352 e. The van der Waals surface area contributed by atoms with Crippen LogP contribution in [0.25, 0.3) is 6.08 Å². The molecule has 0 aliphatic carbocycles. The molecule has 3 rings (SSSR count). The van der Waals surface area contributed by atoms with E-state index in [9.17, 15) is 9.59 Å². The quantitative estimate of drug-likeness (QED) is 0.513. The molecule has 4 nitrogen and oxygen atoms in total. The molecule has 2 aromatic carbocycles. The van der Waals surface area contributed by atoms with E-state index >= 15 is 0 Å². The van der Waals surface area contributed by atoms with Crippen molar-refractivity contribution < 1.29 is 9.59 Å². The Hall–Kier alpha value is -1.96. The first-order valence-electron chi connectivity index (χ1n) is 8.34. The Kier molecular flexibility index (Phi) is 6.82. The topological polar surface area (TPSA) is 49.4 Å². The summed E-state index contributed by atoms with van der Waals surface area (Å²) in [5.41, 5.74) is 1.96. The Bertz CT molecular complexity index is 900. The minimum absolute atomic E-state index is 0.108. The first kappa shape index (κ1) is 19.8. The van der Waals surface area contributed by atoms with E-state index in [0.29, 0.717) is 15.8 Å². The lowest BCUT2D eigenvalue weighted by atomic mass is 10.2. The number of rotatable bonds is 6. The zero-order valence-corrected chi connectivity index (χ0v) is 17.6. The first-order chi connectivity index (χ1) is 13.0. The van der Waals surface area contributed by atoms with Crippen molar-refractivity contribution in [1.82, 2.24) is 10.2 Å². The van der Waals surface area contributed by atoms with Crippen molar-refractivity contribution in [3.8, 4) is 0 Å². The number of hydrogen-bond donors (Lipinski definition) is 1. The normalized spacial score (nSPS) is 15.4. The molecule has 0 atom stereocenters. The molecule has 2 aromatic rings. The van der Waals surface area contributed by atoms with Gasteiger partial charge >= 0.3 is 0 Å². The van der Waals surface area contributed by atoms with Gasteiger partial charge in [-0.1, -0.05) is 82.4 Å². The van der Waals surface area contributed by atoms with Crippen molar-refractivity contribution in [2.24, 2.45) is 0 Å². The first-order valence-corrected chi connectivity index (χ1v) is 10.4. The number of carbonyl (C=O) groups is 2. The van der Waals surface area contributed by atoms with Gasteiger partial charge in [0.2, 0.25) is 5.91 Å². The van der Waals surface area contributed by atoms with Gasteiger partial charge in [-0.05, 0) is 29.3 Å². The number of thiocarbonyl (C=S) groups is 1. The number of nitrogens with zero attached hydrogens (tertiary/aromatic N) is 1. The van der Waals surface area contributed by atoms with Gasteiger partial charge in [-0.25, -0.2) is 0 Å². The van der Waals surface area contributed by atoms with Gasteiger partial charge < -0.3 is 5.32 Å². The van der Waals surface area contributed by atoms with Crippen LogP contribution in [0.15, 0.2) is 64.0 Å². The van der Waals surface area contributed by atoms with E-state index in [0.717, 1.165) is 15.6 Å². The highest BCUT2D eigenvalue weighted by molar-refractivity contribution is 9.10. The molecule has 2 amide bonds. The third-order valence-corrected chi connectivity index (χ3v) is 5.79. The van der Waals surface area contributed by atoms with Crippen molar-refractivity contribution in [2.45, 2.75) is 13.0 Å². The van der Waals surface area contributed by atoms with Crippen LogP contribution in [0.3, 0.4) is 0 Å². The lowest BCUT2D eigenvalue weighted by Gasteiger charge is -2.14. The summed E-state index contributed by atoms with van der Waals surface area (Å²) in [6.45, 7) is 0.752. The maximum atomic E-state index is 12.6. The van der Waals surface area contributed by atoms with Gasteiger partial charge in [0.1, 0.15) is 4.32 Å². The highest BCUT2D eigenvalue weighted by atomic mass is 79.9. The molecule has 1 saturated heterocycles. The average molecular weight is 461 g/mol. The standard InChI is InChI=1S/C20H17BrN2O2S2/c21-16-8-4-7-15(11-16)12-17-19(25)23(20(26)27-17)10-9-18(24)22-13-14-5-2-1-3-6-14/h1-8,11-12H,9-10,13H2,(H,22,24)/b17-12-. The maximum Gasteiger partial charge on any atom is 0.266 e. The lowest BCUT2D eigenvalue weighted by Crippen LogP contribution is -2.33. The smallest absolute Gasteiger partial charge is 0.266 e. The summed E-state index contributed by atoms with van der Waals surface area (Å²) < 4.78 is 1.43. The average Bonchev–Trinajstić information content (AvgIpc) is 2.92. The Labute approximate surface area is 176 Å². The predicted octanol–water partition coefficient (Wildman–Crippen LogP) is 4.36. The van der Waals surface area contributed by atoms with Crippen LogP contribution in [0.4, 0.5) is 0 Å². The van der Waals surface area contributed by atoms with Crippen molar-refractivity contribution in [1.29, 1.82) is 0 Å². The Morgan fingerprint density at radius 2 is 1.96 bits per heavy atom. The fraction of sp³-hybridized carbons (Fsp3) is 0.150. The molecular weight excluding hydrogens is 444 g/mol. The third kappa shape index (κ3) is 5.51. The molecule has 1 fully saturated rings. The van der Waals surface area contributed by atoms with Crippen molar-refractivity contribution in [3.05, 3.63) is 75.1 Å². The van der Waals surface area contributed by atoms with Crippen molar-refractivity contribution in [2.75, 3.05) is 6.54 Å². The van der Waals surface area contributed by atoms with E-state index in [4.69, 9.17) is 12.2 Å². The number of amides is 2. The molecule has 138 valence electrons. The van der Waals surface area contributed by atoms with Crippen LogP contribution in [-0.4, -0.2) is 27.6 Å². The minimum atomic E-state index is -0.152. The van der Waals surface area contributed by atoms with Gasteiger partial charge in [-0.2, -0.15) is 0 Å². The van der Waals surface area contributed by atoms with Crippen LogP contribution in [0, 0.1) is 0 Å². The van der Waals surface area contributed by atoms with E-state index in [1.54, 1.807) is 0 Å². The summed E-state index contributed by atoms with van der Waals surface area (Å²) in [7, 11) is 0. The van der Waals surface area contributed by atoms with Crippen molar-refractivity contribution in [3.63, 3.8) is 0 Å². The lowest BCUT2D eigenvalue weighted by molar-refractivity contribution is -0.123. The summed E-state index contributed by atoms with van der Waals surface area (Å²) in [5, 5.41) is 2.86. The van der Waals surface area contributed by atoms with Crippen molar-refractivity contribution >= 4 is 62.1 Å². The van der Waals surface area contributed by atoms with Crippen LogP contribution in [0.2, 0.25) is 0 Å². The van der Waals surface area contributed by atoms with Crippen LogP contribution in [0.5, 0.6) is 0 Å². The van der Waals surface area contributed by atoms with Crippen LogP contribution in [-0.2, 0) is 16.1 Å². The highest BCUT2D eigenvalue weighted by Crippen LogP contribution is 2.32. The molecule has 1 heterocycles. The Balaban J connectivity index is 1.55. The number of hydrogen-bond acceptors (Lipinski definition) is 4. The number of carbonyl (C=O) groups excluding carboxylic acids is 2. The fourth-order valence-corrected chi connectivity index (χ4v) is 4.26. The molecule has 0 spiro atoms. The number of halogens is 1. The van der Waals surface area contributed by atoms with Gasteiger partial charge in [0, 0.05) is 24.0 Å². The molecule has 0 bridgehead atoms. The van der Waals surface area contributed by atoms with E-state index in [1.165, 1.54) is 16.7 Å². The molecule has 7 heteroatoms. The summed E-state index contributed by atoms with van der Waals surface area (Å²) in [5.74, 6) is -0.260. The molecule has 1 aliphatic heterocycles. The molecular formula is C20H17BrN2O2S2. The van der Waals surface area contributed by atoms with Gasteiger partial charge in [0.15, 0.2) is 0 Å². The molecule has 0 unspecified atom stereocenters. The van der Waals surface area contributed by atoms with Gasteiger partial charge in [-0.3, -0.25) is 14.5 Å². The largest absolute Gasteiger partial charge is 0.352 e. The van der Waals surface area contributed by atoms with E-state index in [2.05, 4.69) is 21.2 Å². The second-order valence-corrected chi connectivity index (χ2v) is 8.49. The second-order valence-electron chi connectivity index (χ2n) is 5.90. The number of thioether (sulfide) groups is 1. The zero-order chi connectivity index (χ0) is 19.2. The number of benzene rings is 2. The Morgan fingerprint density at radius 1 is 1.19 bits per heavy atom. The molecule has 1 N–H and O–H groups in total. The summed E-state index contributed by atoms with van der Waals surface area (Å²) in [6, 6.07) is 17.4. The monoisotopic (exact) mass is 460 g/mol. The van der Waals surface area contributed by atoms with E-state index < -0.39 is 0 Å². The molecule has 27 heavy (non-hydrogen) atoms. The van der Waals surface area contributed by atoms with Crippen LogP contribution < -0.4 is 5.32 Å². The van der Waals surface area contributed by atoms with Crippen LogP contribution in [0.1, 0.15) is 17.5 Å². The predicted molar refractivity (Wildman–Crippen MR) is 117 cm³/mol. The Morgan fingerprint density at radius 3 is 2.70 bits per heavy atom. The SMILES string of the molecule is O=C(CCN1C(=O)/C(=C/c2cccc(Br)c2)SC1=S)NCc1ccccc1. The fourth-order valence-electron chi connectivity index (χ4n) is 2.54. The van der Waals surface area contributed by atoms with Gasteiger partial charge in [0.25, 0.3) is 5.91 Å². The third-order valence-electron chi connectivity index (χ3n) is 3.92. The molecule has 0 aromatic heterocycles. The maximum absolute atomic E-state index is 12.6. The van der Waals surface area contributed by atoms with Gasteiger partial charge in [0.05, 0.1) is 4.91 Å². The highest BCUT2D eigenvalue weighted by Gasteiger charge is 2.32. The zero-order valence-electron chi connectivity index (χ0n) is 14.4. The summed E-state index contributed by atoms with van der Waals surface area (Å²) in [6.07, 6.45) is 2.03. The van der Waals surface area contributed by atoms with Crippen LogP contribution >= 0.6 is 39.9 Å². The van der Waals surface area contributed by atoms with Gasteiger partial charge in [-0.15, -0.1) is 0 Å². The molecule has 1 aliphatic rings. The number of nitrogens with one attached hydrogen (secondary N) is 1.